The lowest BCUT2D eigenvalue weighted by Crippen LogP contribution is -2.21. The van der Waals surface area contributed by atoms with Crippen LogP contribution in [0.2, 0.25) is 0 Å². The summed E-state index contributed by atoms with van der Waals surface area (Å²) in [5.74, 6) is 0.359. The quantitative estimate of drug-likeness (QED) is 0.763. The van der Waals surface area contributed by atoms with Gasteiger partial charge in [-0.25, -0.2) is 9.97 Å². The second-order valence-electron chi connectivity index (χ2n) is 3.43. The molecule has 0 unspecified atom stereocenters. The second kappa shape index (κ2) is 4.09. The lowest BCUT2D eigenvalue weighted by Gasteiger charge is -2.04. The van der Waals surface area contributed by atoms with E-state index < -0.39 is 0 Å². The Balaban J connectivity index is 2.27. The first-order valence-corrected chi connectivity index (χ1v) is 4.74. The van der Waals surface area contributed by atoms with Crippen molar-refractivity contribution in [1.29, 1.82) is 0 Å². The van der Waals surface area contributed by atoms with Gasteiger partial charge in [0.25, 0.3) is 5.56 Å². The normalized spacial score (nSPS) is 10.3. The maximum Gasteiger partial charge on any atom is 0.253 e. The van der Waals surface area contributed by atoms with Crippen LogP contribution < -0.4 is 11.3 Å². The van der Waals surface area contributed by atoms with E-state index in [2.05, 4.69) is 15.0 Å². The summed E-state index contributed by atoms with van der Waals surface area (Å²) < 4.78 is 1.47. The molecule has 0 saturated carbocycles. The maximum atomic E-state index is 11.6. The predicted octanol–water partition coefficient (Wildman–Crippen LogP) is -0.0278. The van der Waals surface area contributed by atoms with Crippen LogP contribution in [-0.2, 0) is 6.54 Å². The molecule has 0 amide bonds. The Morgan fingerprint density at radius 1 is 1.31 bits per heavy atom. The predicted molar refractivity (Wildman–Crippen MR) is 58.8 cm³/mol. The van der Waals surface area contributed by atoms with E-state index in [1.807, 2.05) is 0 Å². The molecule has 0 fully saturated rings. The van der Waals surface area contributed by atoms with E-state index in [1.165, 1.54) is 23.2 Å². The SMILES string of the molecule is Cc1cc(=O)n(Cc2cnc(N)cn2)cn1. The highest BCUT2D eigenvalue weighted by molar-refractivity contribution is 5.22. The first-order valence-electron chi connectivity index (χ1n) is 4.74. The summed E-state index contributed by atoms with van der Waals surface area (Å²) in [4.78, 5) is 23.6. The Hall–Kier alpha value is -2.24. The van der Waals surface area contributed by atoms with Crippen molar-refractivity contribution in [3.63, 3.8) is 0 Å². The van der Waals surface area contributed by atoms with Crippen LogP contribution in [0.15, 0.2) is 29.6 Å². The van der Waals surface area contributed by atoms with Gasteiger partial charge in [0.1, 0.15) is 5.82 Å². The number of anilines is 1. The third-order valence-corrected chi connectivity index (χ3v) is 2.07. The molecule has 0 aliphatic carbocycles. The lowest BCUT2D eigenvalue weighted by atomic mass is 10.4. The molecule has 0 saturated heterocycles. The molecule has 2 N–H and O–H groups in total. The van der Waals surface area contributed by atoms with E-state index >= 15 is 0 Å². The highest BCUT2D eigenvalue weighted by Crippen LogP contribution is 1.97. The summed E-state index contributed by atoms with van der Waals surface area (Å²) in [6.07, 6.45) is 4.50. The van der Waals surface area contributed by atoms with E-state index in [-0.39, 0.29) is 5.56 Å². The molecule has 2 heterocycles. The largest absolute Gasteiger partial charge is 0.382 e. The van der Waals surface area contributed by atoms with Crippen molar-refractivity contribution in [2.24, 2.45) is 0 Å². The monoisotopic (exact) mass is 217 g/mol. The van der Waals surface area contributed by atoms with Crippen molar-refractivity contribution in [3.8, 4) is 0 Å². The minimum absolute atomic E-state index is 0.105. The second-order valence-corrected chi connectivity index (χ2v) is 3.43. The minimum Gasteiger partial charge on any atom is -0.382 e. The summed E-state index contributed by atoms with van der Waals surface area (Å²) >= 11 is 0. The third kappa shape index (κ3) is 2.22. The highest BCUT2D eigenvalue weighted by atomic mass is 16.1. The van der Waals surface area contributed by atoms with Gasteiger partial charge in [-0.05, 0) is 6.92 Å². The van der Waals surface area contributed by atoms with Crippen LogP contribution in [0.1, 0.15) is 11.4 Å². The zero-order valence-corrected chi connectivity index (χ0v) is 8.79. The number of nitrogens with two attached hydrogens (primary N) is 1. The van der Waals surface area contributed by atoms with Crippen LogP contribution in [0.3, 0.4) is 0 Å². The molecule has 0 bridgehead atoms. The molecular formula is C10H11N5O. The standard InChI is InChI=1S/C10H11N5O/c1-7-2-10(16)15(6-14-7)5-8-3-13-9(11)4-12-8/h2-4,6H,5H2,1H3,(H2,11,13). The van der Waals surface area contributed by atoms with Crippen LogP contribution in [0.4, 0.5) is 5.82 Å². The van der Waals surface area contributed by atoms with Crippen molar-refractivity contribution < 1.29 is 0 Å². The van der Waals surface area contributed by atoms with Crippen molar-refractivity contribution in [2.75, 3.05) is 5.73 Å². The Kier molecular flexibility index (Phi) is 2.63. The van der Waals surface area contributed by atoms with Gasteiger partial charge in [-0.15, -0.1) is 0 Å². The Labute approximate surface area is 91.8 Å². The van der Waals surface area contributed by atoms with Gasteiger partial charge in [0.2, 0.25) is 0 Å². The van der Waals surface area contributed by atoms with E-state index in [1.54, 1.807) is 13.1 Å². The number of aromatic nitrogens is 4. The molecule has 6 nitrogen and oxygen atoms in total. The molecule has 0 spiro atoms. The highest BCUT2D eigenvalue weighted by Gasteiger charge is 2.00. The number of aryl methyl sites for hydroxylation is 1. The van der Waals surface area contributed by atoms with Crippen molar-refractivity contribution in [1.82, 2.24) is 19.5 Å². The molecule has 0 atom stereocenters. The first kappa shape index (κ1) is 10.3. The van der Waals surface area contributed by atoms with Crippen LogP contribution in [0.5, 0.6) is 0 Å². The van der Waals surface area contributed by atoms with Gasteiger partial charge in [-0.1, -0.05) is 0 Å². The summed E-state index contributed by atoms with van der Waals surface area (Å²) in [5.41, 5.74) is 6.68. The molecule has 0 aliphatic rings. The molecule has 0 radical (unpaired) electrons. The average Bonchev–Trinajstić information content (AvgIpc) is 2.25. The van der Waals surface area contributed by atoms with E-state index in [0.29, 0.717) is 23.8 Å². The maximum absolute atomic E-state index is 11.6. The third-order valence-electron chi connectivity index (χ3n) is 2.07. The molecule has 2 aromatic heterocycles. The van der Waals surface area contributed by atoms with Crippen LogP contribution in [-0.4, -0.2) is 19.5 Å². The van der Waals surface area contributed by atoms with Gasteiger partial charge >= 0.3 is 0 Å². The van der Waals surface area contributed by atoms with Gasteiger partial charge < -0.3 is 5.73 Å². The van der Waals surface area contributed by atoms with Crippen molar-refractivity contribution >= 4 is 5.82 Å². The summed E-state index contributed by atoms with van der Waals surface area (Å²) in [6, 6.07) is 1.48. The lowest BCUT2D eigenvalue weighted by molar-refractivity contribution is 0.710. The number of hydrogen-bond donors (Lipinski definition) is 1. The number of nitrogen functional groups attached to an aromatic ring is 1. The van der Waals surface area contributed by atoms with Gasteiger partial charge in [0.05, 0.1) is 31.0 Å². The minimum atomic E-state index is -0.105. The number of hydrogen-bond acceptors (Lipinski definition) is 5. The van der Waals surface area contributed by atoms with E-state index in [9.17, 15) is 4.79 Å². The molecule has 82 valence electrons. The summed E-state index contributed by atoms with van der Waals surface area (Å²) in [5, 5.41) is 0. The zero-order chi connectivity index (χ0) is 11.5. The molecule has 6 heteroatoms. The summed E-state index contributed by atoms with van der Waals surface area (Å²) in [6.45, 7) is 2.12. The van der Waals surface area contributed by atoms with Gasteiger partial charge in [-0.2, -0.15) is 0 Å². The molecule has 2 aromatic rings. The van der Waals surface area contributed by atoms with Gasteiger partial charge in [0.15, 0.2) is 0 Å². The van der Waals surface area contributed by atoms with Crippen LogP contribution in [0, 0.1) is 6.92 Å². The topological polar surface area (TPSA) is 86.7 Å². The molecule has 2 rings (SSSR count). The van der Waals surface area contributed by atoms with Crippen LogP contribution >= 0.6 is 0 Å². The molecule has 0 aliphatic heterocycles. The number of rotatable bonds is 2. The van der Waals surface area contributed by atoms with E-state index in [0.717, 1.165) is 0 Å². The molecular weight excluding hydrogens is 206 g/mol. The smallest absolute Gasteiger partial charge is 0.253 e. The number of nitrogens with zero attached hydrogens (tertiary/aromatic N) is 4. The van der Waals surface area contributed by atoms with Gasteiger partial charge in [-0.3, -0.25) is 14.3 Å². The fourth-order valence-electron chi connectivity index (χ4n) is 1.26. The fraction of sp³-hybridized carbons (Fsp3) is 0.200. The fourth-order valence-corrected chi connectivity index (χ4v) is 1.26. The summed E-state index contributed by atoms with van der Waals surface area (Å²) in [7, 11) is 0. The molecule has 0 aromatic carbocycles. The van der Waals surface area contributed by atoms with Crippen molar-refractivity contribution in [3.05, 3.63) is 46.5 Å². The van der Waals surface area contributed by atoms with Crippen LogP contribution in [0.25, 0.3) is 0 Å². The van der Waals surface area contributed by atoms with E-state index in [4.69, 9.17) is 5.73 Å². The Bertz CT molecular complexity index is 546. The van der Waals surface area contributed by atoms with Crippen molar-refractivity contribution in [2.45, 2.75) is 13.5 Å². The first-order chi connectivity index (χ1) is 7.65. The van der Waals surface area contributed by atoms with Gasteiger partial charge in [0, 0.05) is 11.8 Å². The zero-order valence-electron chi connectivity index (χ0n) is 8.79. The Morgan fingerprint density at radius 3 is 2.75 bits per heavy atom. The average molecular weight is 217 g/mol. The Morgan fingerprint density at radius 2 is 2.12 bits per heavy atom. The molecule has 16 heavy (non-hydrogen) atoms.